The van der Waals surface area contributed by atoms with Gasteiger partial charge in [0.15, 0.2) is 0 Å². The quantitative estimate of drug-likeness (QED) is 0.899. The maximum atomic E-state index is 13.5. The number of hydrogen-bond donors (Lipinski definition) is 2. The molecule has 0 unspecified atom stereocenters. The number of nitrogens with zero attached hydrogens (tertiary/aromatic N) is 1. The molecule has 0 spiro atoms. The maximum absolute atomic E-state index is 13.5. The van der Waals surface area contributed by atoms with Crippen molar-refractivity contribution in [3.8, 4) is 0 Å². The Morgan fingerprint density at radius 2 is 2.21 bits per heavy atom. The summed E-state index contributed by atoms with van der Waals surface area (Å²) in [5.74, 6) is -2.32. The number of benzene rings is 1. The summed E-state index contributed by atoms with van der Waals surface area (Å²) in [7, 11) is 0. The fourth-order valence-electron chi connectivity index (χ4n) is 1.44. The van der Waals surface area contributed by atoms with Gasteiger partial charge in [0.25, 0.3) is 0 Å². The minimum absolute atomic E-state index is 0.0141. The molecule has 2 N–H and O–H groups in total. The van der Waals surface area contributed by atoms with E-state index < -0.39 is 17.7 Å². The number of carboxylic acids is 1. The summed E-state index contributed by atoms with van der Waals surface area (Å²) < 4.78 is 13.5. The van der Waals surface area contributed by atoms with Crippen molar-refractivity contribution in [2.45, 2.75) is 6.42 Å². The Balaban J connectivity index is 2.11. The summed E-state index contributed by atoms with van der Waals surface area (Å²) in [6.07, 6.45) is 0.0141. The second-order valence-electron chi connectivity index (χ2n) is 3.70. The molecule has 2 aromatic rings. The molecule has 0 saturated heterocycles. The van der Waals surface area contributed by atoms with Crippen molar-refractivity contribution in [3.63, 3.8) is 0 Å². The number of nitrogens with one attached hydrogen (secondary N) is 1. The van der Waals surface area contributed by atoms with Crippen LogP contribution < -0.4 is 5.32 Å². The van der Waals surface area contributed by atoms with E-state index in [0.29, 0.717) is 5.69 Å². The number of rotatable bonds is 4. The molecule has 0 aliphatic rings. The standard InChI is InChI=1S/C12H9FN2O3S/c13-9-2-1-7(12(17)18)3-10(9)15-11(16)4-8-5-19-6-14-8/h1-3,5-6H,4H2,(H,15,16)(H,17,18). The Hall–Kier alpha value is -2.28. The third-order valence-corrected chi connectivity index (χ3v) is 2.95. The number of hydrogen-bond acceptors (Lipinski definition) is 4. The minimum Gasteiger partial charge on any atom is -0.478 e. The molecule has 0 saturated carbocycles. The molecule has 0 atom stereocenters. The second kappa shape index (κ2) is 5.57. The average molecular weight is 280 g/mol. The third-order valence-electron chi connectivity index (χ3n) is 2.31. The lowest BCUT2D eigenvalue weighted by atomic mass is 10.2. The first kappa shape index (κ1) is 13.2. The SMILES string of the molecule is O=C(Cc1cscn1)Nc1cc(C(=O)O)ccc1F. The van der Waals surface area contributed by atoms with Crippen molar-refractivity contribution in [2.75, 3.05) is 5.32 Å². The van der Waals surface area contributed by atoms with Crippen LogP contribution in [0.1, 0.15) is 16.1 Å². The van der Waals surface area contributed by atoms with E-state index >= 15 is 0 Å². The highest BCUT2D eigenvalue weighted by molar-refractivity contribution is 7.07. The molecule has 7 heteroatoms. The Labute approximate surface area is 111 Å². The normalized spacial score (nSPS) is 10.2. The zero-order valence-corrected chi connectivity index (χ0v) is 10.4. The monoisotopic (exact) mass is 280 g/mol. The molecule has 2 rings (SSSR count). The predicted octanol–water partition coefficient (Wildman–Crippen LogP) is 2.16. The number of halogens is 1. The largest absolute Gasteiger partial charge is 0.478 e. The Morgan fingerprint density at radius 1 is 1.42 bits per heavy atom. The predicted molar refractivity (Wildman–Crippen MR) is 67.8 cm³/mol. The van der Waals surface area contributed by atoms with Crippen LogP contribution in [0.4, 0.5) is 10.1 Å². The molecule has 0 fully saturated rings. The van der Waals surface area contributed by atoms with E-state index in [2.05, 4.69) is 10.3 Å². The van der Waals surface area contributed by atoms with E-state index in [4.69, 9.17) is 5.11 Å². The van der Waals surface area contributed by atoms with Crippen LogP contribution in [-0.4, -0.2) is 22.0 Å². The number of anilines is 1. The average Bonchev–Trinajstić information content (AvgIpc) is 2.84. The highest BCUT2D eigenvalue weighted by Gasteiger charge is 2.12. The summed E-state index contributed by atoms with van der Waals surface area (Å²) >= 11 is 1.35. The first-order valence-electron chi connectivity index (χ1n) is 5.26. The zero-order chi connectivity index (χ0) is 13.8. The minimum atomic E-state index is -1.19. The fraction of sp³-hybridized carbons (Fsp3) is 0.0833. The van der Waals surface area contributed by atoms with E-state index in [0.717, 1.165) is 18.2 Å². The van der Waals surface area contributed by atoms with Crippen LogP contribution in [0.3, 0.4) is 0 Å². The van der Waals surface area contributed by atoms with Gasteiger partial charge in [-0.25, -0.2) is 14.2 Å². The van der Waals surface area contributed by atoms with Crippen LogP contribution in [0.2, 0.25) is 0 Å². The smallest absolute Gasteiger partial charge is 0.335 e. The van der Waals surface area contributed by atoms with Gasteiger partial charge in [-0.15, -0.1) is 11.3 Å². The summed E-state index contributed by atoms with van der Waals surface area (Å²) in [4.78, 5) is 26.4. The number of carbonyl (C=O) groups excluding carboxylic acids is 1. The van der Waals surface area contributed by atoms with Gasteiger partial charge in [-0.05, 0) is 18.2 Å². The Kier molecular flexibility index (Phi) is 3.86. The van der Waals surface area contributed by atoms with Gasteiger partial charge >= 0.3 is 5.97 Å². The molecular formula is C12H9FN2O3S. The molecule has 1 aromatic heterocycles. The molecule has 98 valence electrons. The lowest BCUT2D eigenvalue weighted by molar-refractivity contribution is -0.115. The van der Waals surface area contributed by atoms with E-state index in [1.165, 1.54) is 11.3 Å². The number of thiazole rings is 1. The number of aromatic nitrogens is 1. The highest BCUT2D eigenvalue weighted by Crippen LogP contribution is 2.16. The second-order valence-corrected chi connectivity index (χ2v) is 4.42. The van der Waals surface area contributed by atoms with Gasteiger partial charge in [0.2, 0.25) is 5.91 Å². The number of carbonyl (C=O) groups is 2. The first-order valence-corrected chi connectivity index (χ1v) is 6.20. The van der Waals surface area contributed by atoms with Gasteiger partial charge in [0.1, 0.15) is 5.82 Å². The maximum Gasteiger partial charge on any atom is 0.335 e. The molecular weight excluding hydrogens is 271 g/mol. The lowest BCUT2D eigenvalue weighted by Crippen LogP contribution is -2.16. The summed E-state index contributed by atoms with van der Waals surface area (Å²) in [5, 5.41) is 12.8. The van der Waals surface area contributed by atoms with Gasteiger partial charge in [0.05, 0.1) is 28.9 Å². The van der Waals surface area contributed by atoms with Gasteiger partial charge in [-0.1, -0.05) is 0 Å². The summed E-state index contributed by atoms with van der Waals surface area (Å²) in [6.45, 7) is 0. The van der Waals surface area contributed by atoms with E-state index in [1.807, 2.05) is 0 Å². The summed E-state index contributed by atoms with van der Waals surface area (Å²) in [5.41, 5.74) is 1.93. The molecule has 19 heavy (non-hydrogen) atoms. The van der Waals surface area contributed by atoms with Crippen LogP contribution in [0.5, 0.6) is 0 Å². The third kappa shape index (κ3) is 3.35. The van der Waals surface area contributed by atoms with Gasteiger partial charge in [-0.2, -0.15) is 0 Å². The van der Waals surface area contributed by atoms with Crippen molar-refractivity contribution in [3.05, 3.63) is 46.2 Å². The zero-order valence-electron chi connectivity index (χ0n) is 9.59. The number of aromatic carboxylic acids is 1. The molecule has 5 nitrogen and oxygen atoms in total. The van der Waals surface area contributed by atoms with Crippen molar-refractivity contribution < 1.29 is 19.1 Å². The summed E-state index contributed by atoms with van der Waals surface area (Å²) in [6, 6.07) is 3.21. The van der Waals surface area contributed by atoms with Crippen molar-refractivity contribution in [1.29, 1.82) is 0 Å². The molecule has 1 aromatic carbocycles. The van der Waals surface area contributed by atoms with Crippen LogP contribution >= 0.6 is 11.3 Å². The van der Waals surface area contributed by atoms with Crippen LogP contribution in [0.25, 0.3) is 0 Å². The number of amides is 1. The Morgan fingerprint density at radius 3 is 2.84 bits per heavy atom. The van der Waals surface area contributed by atoms with Gasteiger partial charge < -0.3 is 10.4 Å². The highest BCUT2D eigenvalue weighted by atomic mass is 32.1. The van der Waals surface area contributed by atoms with Crippen LogP contribution in [0.15, 0.2) is 29.1 Å². The van der Waals surface area contributed by atoms with Gasteiger partial charge in [0, 0.05) is 5.38 Å². The first-order chi connectivity index (χ1) is 9.06. The molecule has 0 aliphatic heterocycles. The fourth-order valence-corrected chi connectivity index (χ4v) is 2.00. The molecule has 0 radical (unpaired) electrons. The van der Waals surface area contributed by atoms with Crippen molar-refractivity contribution >= 4 is 28.9 Å². The van der Waals surface area contributed by atoms with E-state index in [9.17, 15) is 14.0 Å². The Bertz CT molecular complexity index is 613. The molecule has 1 amide bonds. The number of carboxylic acid groups (broad SMARTS) is 1. The van der Waals surface area contributed by atoms with Crippen molar-refractivity contribution in [2.24, 2.45) is 0 Å². The van der Waals surface area contributed by atoms with E-state index in [-0.39, 0.29) is 17.7 Å². The lowest BCUT2D eigenvalue weighted by Gasteiger charge is -2.06. The van der Waals surface area contributed by atoms with Crippen LogP contribution in [0, 0.1) is 5.82 Å². The van der Waals surface area contributed by atoms with E-state index in [1.54, 1.807) is 10.9 Å². The van der Waals surface area contributed by atoms with Gasteiger partial charge in [-0.3, -0.25) is 4.79 Å². The van der Waals surface area contributed by atoms with Crippen LogP contribution in [-0.2, 0) is 11.2 Å². The topological polar surface area (TPSA) is 79.3 Å². The molecule has 0 bridgehead atoms. The molecule has 0 aliphatic carbocycles. The molecule has 1 heterocycles. The van der Waals surface area contributed by atoms with Crippen molar-refractivity contribution in [1.82, 2.24) is 4.98 Å².